The van der Waals surface area contributed by atoms with Crippen LogP contribution < -0.4 is 10.3 Å². The van der Waals surface area contributed by atoms with Crippen LogP contribution in [0.2, 0.25) is 0 Å². The fourth-order valence-electron chi connectivity index (χ4n) is 2.79. The summed E-state index contributed by atoms with van der Waals surface area (Å²) in [6, 6.07) is 8.51. The fraction of sp³-hybridized carbons (Fsp3) is 0.263. The second kappa shape index (κ2) is 8.49. The minimum absolute atomic E-state index is 0.181. The van der Waals surface area contributed by atoms with Crippen LogP contribution >= 0.6 is 0 Å². The molecule has 0 bridgehead atoms. The number of rotatable bonds is 7. The first-order chi connectivity index (χ1) is 13.5. The monoisotopic (exact) mass is 383 g/mol. The Hall–Kier alpha value is -3.46. The van der Waals surface area contributed by atoms with Gasteiger partial charge in [-0.25, -0.2) is 9.48 Å². The maximum Gasteiger partial charge on any atom is 0.411 e. The van der Waals surface area contributed by atoms with Crippen molar-refractivity contribution >= 4 is 11.8 Å². The van der Waals surface area contributed by atoms with E-state index >= 15 is 0 Å². The van der Waals surface area contributed by atoms with E-state index in [-0.39, 0.29) is 25.0 Å². The molecule has 0 fully saturated rings. The first kappa shape index (κ1) is 19.3. The largest absolute Gasteiger partial charge is 0.465 e. The van der Waals surface area contributed by atoms with Crippen molar-refractivity contribution in [3.8, 4) is 5.69 Å². The molecule has 0 unspecified atom stereocenters. The number of ether oxygens (including phenoxy) is 1. The van der Waals surface area contributed by atoms with E-state index in [1.54, 1.807) is 53.2 Å². The maximum absolute atomic E-state index is 12.3. The number of hydrogen-bond acceptors (Lipinski definition) is 5. The molecular formula is C19H21N5O4. The number of methoxy groups -OCH3 is 1. The van der Waals surface area contributed by atoms with E-state index in [0.29, 0.717) is 11.4 Å². The average Bonchev–Trinajstić information content (AvgIpc) is 3.10. The summed E-state index contributed by atoms with van der Waals surface area (Å²) in [5.74, 6) is 0. The molecule has 28 heavy (non-hydrogen) atoms. The number of amides is 1. The third-order valence-electron chi connectivity index (χ3n) is 4.18. The predicted molar refractivity (Wildman–Crippen MR) is 103 cm³/mol. The molecule has 9 heteroatoms. The van der Waals surface area contributed by atoms with Crippen LogP contribution in [-0.4, -0.2) is 51.0 Å². The SMILES string of the molecule is COCCN(C(=O)O)c1cccc(Cc2nn(-c3cnn(C)c3)ccc2=O)c1. The Balaban J connectivity index is 1.88. The van der Waals surface area contributed by atoms with E-state index in [0.717, 1.165) is 11.3 Å². The van der Waals surface area contributed by atoms with Crippen molar-refractivity contribution in [2.45, 2.75) is 6.42 Å². The van der Waals surface area contributed by atoms with Crippen LogP contribution in [0.1, 0.15) is 11.3 Å². The zero-order valence-corrected chi connectivity index (χ0v) is 15.6. The second-order valence-corrected chi connectivity index (χ2v) is 6.22. The minimum Gasteiger partial charge on any atom is -0.465 e. The molecule has 2 heterocycles. The number of anilines is 1. The summed E-state index contributed by atoms with van der Waals surface area (Å²) in [5.41, 5.74) is 2.23. The van der Waals surface area contributed by atoms with Gasteiger partial charge < -0.3 is 9.84 Å². The van der Waals surface area contributed by atoms with Gasteiger partial charge in [0, 0.05) is 38.5 Å². The summed E-state index contributed by atoms with van der Waals surface area (Å²) in [4.78, 5) is 25.0. The maximum atomic E-state index is 12.3. The Kier molecular flexibility index (Phi) is 5.85. The molecule has 1 aromatic carbocycles. The fourth-order valence-corrected chi connectivity index (χ4v) is 2.79. The Bertz CT molecular complexity index is 1030. The molecule has 0 aliphatic heterocycles. The molecule has 1 amide bonds. The van der Waals surface area contributed by atoms with E-state index in [2.05, 4.69) is 10.2 Å². The van der Waals surface area contributed by atoms with Crippen molar-refractivity contribution in [1.29, 1.82) is 0 Å². The Labute approximate surface area is 161 Å². The van der Waals surface area contributed by atoms with Crippen LogP contribution in [-0.2, 0) is 18.2 Å². The molecule has 3 rings (SSSR count). The zero-order valence-electron chi connectivity index (χ0n) is 15.6. The van der Waals surface area contributed by atoms with Gasteiger partial charge in [-0.3, -0.25) is 14.4 Å². The summed E-state index contributed by atoms with van der Waals surface area (Å²) in [7, 11) is 3.32. The summed E-state index contributed by atoms with van der Waals surface area (Å²) in [6.45, 7) is 0.499. The van der Waals surface area contributed by atoms with Crippen LogP contribution in [0.4, 0.5) is 10.5 Å². The number of hydrogen-bond donors (Lipinski definition) is 1. The van der Waals surface area contributed by atoms with Gasteiger partial charge in [-0.05, 0) is 17.7 Å². The van der Waals surface area contributed by atoms with Gasteiger partial charge >= 0.3 is 6.09 Å². The molecule has 0 saturated carbocycles. The lowest BCUT2D eigenvalue weighted by Gasteiger charge is -2.19. The third kappa shape index (κ3) is 4.44. The van der Waals surface area contributed by atoms with Gasteiger partial charge in [0.1, 0.15) is 11.4 Å². The molecule has 0 saturated heterocycles. The number of nitrogens with zero attached hydrogens (tertiary/aromatic N) is 5. The van der Waals surface area contributed by atoms with Gasteiger partial charge in [-0.15, -0.1) is 0 Å². The van der Waals surface area contributed by atoms with Crippen molar-refractivity contribution in [3.63, 3.8) is 0 Å². The summed E-state index contributed by atoms with van der Waals surface area (Å²) < 4.78 is 8.22. The highest BCUT2D eigenvalue weighted by atomic mass is 16.5. The van der Waals surface area contributed by atoms with Crippen LogP contribution in [0.3, 0.4) is 0 Å². The van der Waals surface area contributed by atoms with Gasteiger partial charge in [0.05, 0.1) is 25.5 Å². The van der Waals surface area contributed by atoms with Gasteiger partial charge in [0.15, 0.2) is 0 Å². The number of benzene rings is 1. The topological polar surface area (TPSA) is 102 Å². The third-order valence-corrected chi connectivity index (χ3v) is 4.18. The van der Waals surface area contributed by atoms with E-state index < -0.39 is 6.09 Å². The summed E-state index contributed by atoms with van der Waals surface area (Å²) >= 11 is 0. The van der Waals surface area contributed by atoms with Crippen molar-refractivity contribution in [1.82, 2.24) is 19.6 Å². The average molecular weight is 383 g/mol. The van der Waals surface area contributed by atoms with Crippen molar-refractivity contribution in [2.75, 3.05) is 25.2 Å². The number of aryl methyl sites for hydroxylation is 1. The minimum atomic E-state index is -1.06. The molecule has 0 spiro atoms. The Morgan fingerprint density at radius 2 is 2.14 bits per heavy atom. The van der Waals surface area contributed by atoms with Crippen molar-refractivity contribution in [3.05, 3.63) is 70.4 Å². The van der Waals surface area contributed by atoms with Gasteiger partial charge in [-0.2, -0.15) is 10.2 Å². The lowest BCUT2D eigenvalue weighted by Crippen LogP contribution is -2.32. The smallest absolute Gasteiger partial charge is 0.411 e. The van der Waals surface area contributed by atoms with Gasteiger partial charge in [-0.1, -0.05) is 12.1 Å². The quantitative estimate of drug-likeness (QED) is 0.666. The van der Waals surface area contributed by atoms with Crippen LogP contribution in [0.5, 0.6) is 0 Å². The molecule has 3 aromatic rings. The molecule has 2 aromatic heterocycles. The lowest BCUT2D eigenvalue weighted by molar-refractivity contribution is 0.186. The number of aromatic nitrogens is 4. The highest BCUT2D eigenvalue weighted by Crippen LogP contribution is 2.18. The lowest BCUT2D eigenvalue weighted by atomic mass is 10.1. The molecule has 0 aliphatic rings. The second-order valence-electron chi connectivity index (χ2n) is 6.22. The molecule has 0 atom stereocenters. The van der Waals surface area contributed by atoms with Crippen molar-refractivity contribution in [2.24, 2.45) is 7.05 Å². The van der Waals surface area contributed by atoms with E-state index in [4.69, 9.17) is 4.74 Å². The Morgan fingerprint density at radius 1 is 1.32 bits per heavy atom. The standard InChI is InChI=1S/C19H21N5O4/c1-22-13-16(12-20-22)24-7-6-18(25)17(21-24)11-14-4-3-5-15(10-14)23(19(26)27)8-9-28-2/h3-7,10,12-13H,8-9,11H2,1-2H3,(H,26,27). The normalized spacial score (nSPS) is 10.8. The van der Waals surface area contributed by atoms with E-state index in [1.165, 1.54) is 18.1 Å². The highest BCUT2D eigenvalue weighted by molar-refractivity contribution is 5.86. The van der Waals surface area contributed by atoms with Crippen LogP contribution in [0.15, 0.2) is 53.7 Å². The first-order valence-corrected chi connectivity index (χ1v) is 8.64. The number of carbonyl (C=O) groups is 1. The van der Waals surface area contributed by atoms with E-state index in [1.807, 2.05) is 6.07 Å². The molecule has 0 aliphatic carbocycles. The van der Waals surface area contributed by atoms with Crippen LogP contribution in [0.25, 0.3) is 5.69 Å². The van der Waals surface area contributed by atoms with E-state index in [9.17, 15) is 14.7 Å². The molecule has 0 radical (unpaired) electrons. The molecule has 9 nitrogen and oxygen atoms in total. The highest BCUT2D eigenvalue weighted by Gasteiger charge is 2.15. The molecule has 146 valence electrons. The summed E-state index contributed by atoms with van der Waals surface area (Å²) in [5, 5.41) is 18.0. The summed E-state index contributed by atoms with van der Waals surface area (Å²) in [6.07, 6.45) is 4.26. The first-order valence-electron chi connectivity index (χ1n) is 8.64. The molecule has 1 N–H and O–H groups in total. The van der Waals surface area contributed by atoms with Gasteiger partial charge in [0.2, 0.25) is 5.43 Å². The predicted octanol–water partition coefficient (Wildman–Crippen LogP) is 1.69. The zero-order chi connectivity index (χ0) is 20.1. The molecular weight excluding hydrogens is 362 g/mol. The van der Waals surface area contributed by atoms with Crippen LogP contribution in [0, 0.1) is 0 Å². The van der Waals surface area contributed by atoms with Gasteiger partial charge in [0.25, 0.3) is 0 Å². The van der Waals surface area contributed by atoms with Crippen molar-refractivity contribution < 1.29 is 14.6 Å². The number of carboxylic acid groups (broad SMARTS) is 1. The Morgan fingerprint density at radius 3 is 2.82 bits per heavy atom.